The summed E-state index contributed by atoms with van der Waals surface area (Å²) in [7, 11) is 0. The smallest absolute Gasteiger partial charge is 0.239 e. The van der Waals surface area contributed by atoms with Crippen LogP contribution in [0.2, 0.25) is 5.02 Å². The van der Waals surface area contributed by atoms with Crippen LogP contribution < -0.4 is 10.6 Å². The zero-order valence-corrected chi connectivity index (χ0v) is 10.4. The molecule has 0 atom stereocenters. The predicted molar refractivity (Wildman–Crippen MR) is 66.8 cm³/mol. The fourth-order valence-electron chi connectivity index (χ4n) is 1.87. The third-order valence-electron chi connectivity index (χ3n) is 2.87. The monoisotopic (exact) mass is 252 g/mol. The minimum Gasteiger partial charge on any atom is -0.398 e. The van der Waals surface area contributed by atoms with Gasteiger partial charge in [0.1, 0.15) is 0 Å². The van der Waals surface area contributed by atoms with Gasteiger partial charge < -0.3 is 5.73 Å². The number of anilines is 2. The average Bonchev–Trinajstić information content (AvgIpc) is 2.42. The van der Waals surface area contributed by atoms with Crippen molar-refractivity contribution in [2.24, 2.45) is 5.41 Å². The van der Waals surface area contributed by atoms with Crippen molar-refractivity contribution in [3.8, 4) is 0 Å². The Morgan fingerprint density at radius 3 is 2.47 bits per heavy atom. The summed E-state index contributed by atoms with van der Waals surface area (Å²) in [6.07, 6.45) is 0.216. The highest BCUT2D eigenvalue weighted by atomic mass is 35.5. The molecule has 1 fully saturated rings. The fraction of sp³-hybridized carbons (Fsp3) is 0.333. The van der Waals surface area contributed by atoms with E-state index in [1.165, 1.54) is 11.0 Å². The summed E-state index contributed by atoms with van der Waals surface area (Å²) >= 11 is 5.88. The van der Waals surface area contributed by atoms with Crippen LogP contribution in [0.3, 0.4) is 0 Å². The quantitative estimate of drug-likeness (QED) is 0.616. The number of imide groups is 1. The highest BCUT2D eigenvalue weighted by molar-refractivity contribution is 6.33. The molecule has 2 amide bonds. The molecule has 1 aliphatic heterocycles. The van der Waals surface area contributed by atoms with Crippen molar-refractivity contribution in [3.05, 3.63) is 23.2 Å². The molecule has 0 radical (unpaired) electrons. The van der Waals surface area contributed by atoms with Crippen molar-refractivity contribution in [1.82, 2.24) is 0 Å². The second-order valence-electron chi connectivity index (χ2n) is 4.80. The maximum absolute atomic E-state index is 12.1. The standard InChI is InChI=1S/C12H13ClN2O2/c1-12(2)6-10(16)15(11(12)17)7-3-4-9(14)8(13)5-7/h3-5H,6,14H2,1-2H3. The van der Waals surface area contributed by atoms with Gasteiger partial charge in [0.15, 0.2) is 0 Å². The molecule has 4 nitrogen and oxygen atoms in total. The Balaban J connectivity index is 2.44. The number of hydrogen-bond donors (Lipinski definition) is 1. The molecule has 2 rings (SSSR count). The zero-order chi connectivity index (χ0) is 12.8. The van der Waals surface area contributed by atoms with Gasteiger partial charge in [0.05, 0.1) is 21.8 Å². The van der Waals surface area contributed by atoms with Gasteiger partial charge in [-0.15, -0.1) is 0 Å². The van der Waals surface area contributed by atoms with Crippen LogP contribution in [0.4, 0.5) is 11.4 Å². The normalized spacial score (nSPS) is 18.9. The Kier molecular flexibility index (Phi) is 2.62. The molecule has 0 bridgehead atoms. The first-order valence-corrected chi connectivity index (χ1v) is 5.63. The molecule has 17 heavy (non-hydrogen) atoms. The highest BCUT2D eigenvalue weighted by Crippen LogP contribution is 2.36. The molecule has 1 aromatic carbocycles. The fourth-order valence-corrected chi connectivity index (χ4v) is 2.04. The molecule has 1 aliphatic rings. The zero-order valence-electron chi connectivity index (χ0n) is 9.66. The molecule has 0 unspecified atom stereocenters. The van der Waals surface area contributed by atoms with E-state index in [4.69, 9.17) is 17.3 Å². The lowest BCUT2D eigenvalue weighted by Gasteiger charge is -2.18. The van der Waals surface area contributed by atoms with E-state index in [0.717, 1.165) is 0 Å². The lowest BCUT2D eigenvalue weighted by atomic mass is 9.92. The molecule has 1 aromatic rings. The van der Waals surface area contributed by atoms with Gasteiger partial charge in [-0.1, -0.05) is 25.4 Å². The van der Waals surface area contributed by atoms with Crippen molar-refractivity contribution in [1.29, 1.82) is 0 Å². The van der Waals surface area contributed by atoms with E-state index in [-0.39, 0.29) is 18.2 Å². The van der Waals surface area contributed by atoms with E-state index >= 15 is 0 Å². The maximum Gasteiger partial charge on any atom is 0.239 e. The number of nitrogens with two attached hydrogens (primary N) is 1. The number of nitrogen functional groups attached to an aromatic ring is 1. The number of nitrogens with zero attached hydrogens (tertiary/aromatic N) is 1. The Hall–Kier alpha value is -1.55. The van der Waals surface area contributed by atoms with Crippen LogP contribution >= 0.6 is 11.6 Å². The van der Waals surface area contributed by atoms with E-state index in [9.17, 15) is 9.59 Å². The van der Waals surface area contributed by atoms with Crippen molar-refractivity contribution >= 4 is 34.8 Å². The third kappa shape index (κ3) is 1.89. The number of carbonyl (C=O) groups is 2. The number of halogens is 1. The molecule has 0 spiro atoms. The van der Waals surface area contributed by atoms with Gasteiger partial charge >= 0.3 is 0 Å². The number of rotatable bonds is 1. The lowest BCUT2D eigenvalue weighted by Crippen LogP contribution is -2.32. The molecule has 5 heteroatoms. The van der Waals surface area contributed by atoms with Gasteiger partial charge in [-0.25, -0.2) is 0 Å². The molecule has 0 aliphatic carbocycles. The summed E-state index contributed by atoms with van der Waals surface area (Å²) in [5.41, 5.74) is 5.84. The summed E-state index contributed by atoms with van der Waals surface area (Å²) in [6.45, 7) is 3.51. The molecule has 1 saturated heterocycles. The first-order valence-electron chi connectivity index (χ1n) is 5.25. The predicted octanol–water partition coefficient (Wildman–Crippen LogP) is 2.21. The van der Waals surface area contributed by atoms with Gasteiger partial charge in [-0.2, -0.15) is 0 Å². The Morgan fingerprint density at radius 1 is 1.35 bits per heavy atom. The van der Waals surface area contributed by atoms with Crippen LogP contribution in [0.1, 0.15) is 20.3 Å². The summed E-state index contributed by atoms with van der Waals surface area (Å²) in [5, 5.41) is 0.341. The minimum atomic E-state index is -0.648. The van der Waals surface area contributed by atoms with E-state index in [2.05, 4.69) is 0 Å². The van der Waals surface area contributed by atoms with Crippen LogP contribution in [-0.4, -0.2) is 11.8 Å². The van der Waals surface area contributed by atoms with Gasteiger partial charge in [0.2, 0.25) is 11.8 Å². The topological polar surface area (TPSA) is 63.4 Å². The van der Waals surface area contributed by atoms with E-state index in [0.29, 0.717) is 16.4 Å². The second kappa shape index (κ2) is 3.74. The van der Waals surface area contributed by atoms with Gasteiger partial charge in [0.25, 0.3) is 0 Å². The van der Waals surface area contributed by atoms with E-state index in [1.807, 2.05) is 0 Å². The van der Waals surface area contributed by atoms with Crippen molar-refractivity contribution in [2.75, 3.05) is 10.6 Å². The van der Waals surface area contributed by atoms with Crippen LogP contribution in [0.25, 0.3) is 0 Å². The van der Waals surface area contributed by atoms with Crippen molar-refractivity contribution < 1.29 is 9.59 Å². The molecule has 2 N–H and O–H groups in total. The Morgan fingerprint density at radius 2 is 2.00 bits per heavy atom. The first kappa shape index (κ1) is 11.9. The molecule has 0 aromatic heterocycles. The van der Waals surface area contributed by atoms with Crippen LogP contribution in [-0.2, 0) is 9.59 Å². The Labute approximate surface area is 104 Å². The van der Waals surface area contributed by atoms with Crippen LogP contribution in [0.5, 0.6) is 0 Å². The van der Waals surface area contributed by atoms with Gasteiger partial charge in [0, 0.05) is 6.42 Å². The van der Waals surface area contributed by atoms with Crippen molar-refractivity contribution in [3.63, 3.8) is 0 Å². The molecule has 1 heterocycles. The van der Waals surface area contributed by atoms with Crippen LogP contribution in [0.15, 0.2) is 18.2 Å². The summed E-state index contributed by atoms with van der Waals surface area (Å²) in [5.74, 6) is -0.413. The molecule has 0 saturated carbocycles. The maximum atomic E-state index is 12.1. The second-order valence-corrected chi connectivity index (χ2v) is 5.21. The number of amides is 2. The van der Waals surface area contributed by atoms with E-state index < -0.39 is 5.41 Å². The number of hydrogen-bond acceptors (Lipinski definition) is 3. The van der Waals surface area contributed by atoms with Crippen LogP contribution in [0, 0.1) is 5.41 Å². The summed E-state index contributed by atoms with van der Waals surface area (Å²) in [4.78, 5) is 25.1. The third-order valence-corrected chi connectivity index (χ3v) is 3.19. The number of benzene rings is 1. The molecule has 90 valence electrons. The largest absolute Gasteiger partial charge is 0.398 e. The Bertz CT molecular complexity index is 511. The highest BCUT2D eigenvalue weighted by Gasteiger charge is 2.45. The van der Waals surface area contributed by atoms with Gasteiger partial charge in [-0.3, -0.25) is 14.5 Å². The van der Waals surface area contributed by atoms with Gasteiger partial charge in [-0.05, 0) is 18.2 Å². The molecular weight excluding hydrogens is 240 g/mol. The SMILES string of the molecule is CC1(C)CC(=O)N(c2ccc(N)c(Cl)c2)C1=O. The number of carbonyl (C=O) groups excluding carboxylic acids is 2. The lowest BCUT2D eigenvalue weighted by molar-refractivity contribution is -0.124. The molecular formula is C12H13ClN2O2. The summed E-state index contributed by atoms with van der Waals surface area (Å²) in [6, 6.07) is 4.75. The first-order chi connectivity index (χ1) is 7.83. The summed E-state index contributed by atoms with van der Waals surface area (Å²) < 4.78 is 0. The average molecular weight is 253 g/mol. The minimum absolute atomic E-state index is 0.205. The van der Waals surface area contributed by atoms with Crippen molar-refractivity contribution in [2.45, 2.75) is 20.3 Å². The van der Waals surface area contributed by atoms with E-state index in [1.54, 1.807) is 26.0 Å².